The number of Topliss-reactive ketones (excluding diaryl/α,β-unsaturated/α-hetero) is 1. The lowest BCUT2D eigenvalue weighted by Crippen LogP contribution is -2.32. The minimum absolute atomic E-state index is 0.147. The van der Waals surface area contributed by atoms with Gasteiger partial charge in [0.05, 0.1) is 4.92 Å². The van der Waals surface area contributed by atoms with Gasteiger partial charge in [-0.1, -0.05) is 0 Å². The maximum atomic E-state index is 12.5. The molecule has 1 aromatic carbocycles. The fourth-order valence-electron chi connectivity index (χ4n) is 1.31. The van der Waals surface area contributed by atoms with Crippen LogP contribution in [0.5, 0.6) is 0 Å². The number of halogens is 3. The maximum absolute atomic E-state index is 12.5. The van der Waals surface area contributed by atoms with Gasteiger partial charge in [-0.05, 0) is 12.1 Å². The number of nitro groups is 1. The molecule has 0 fully saturated rings. The van der Waals surface area contributed by atoms with Crippen molar-refractivity contribution >= 4 is 17.2 Å². The Kier molecular flexibility index (Phi) is 4.43. The zero-order valence-corrected chi connectivity index (χ0v) is 10.5. The summed E-state index contributed by atoms with van der Waals surface area (Å²) in [6, 6.07) is 4.10. The topological polar surface area (TPSA) is 75.8 Å². The van der Waals surface area contributed by atoms with Crippen LogP contribution >= 0.6 is 0 Å². The fourth-order valence-corrected chi connectivity index (χ4v) is 1.31. The first-order valence-corrected chi connectivity index (χ1v) is 5.25. The van der Waals surface area contributed by atoms with Crippen LogP contribution in [0.25, 0.3) is 0 Å². The van der Waals surface area contributed by atoms with Crippen molar-refractivity contribution in [1.29, 1.82) is 0 Å². The van der Waals surface area contributed by atoms with Gasteiger partial charge in [0.25, 0.3) is 11.5 Å². The molecule has 0 aromatic heterocycles. The third kappa shape index (κ3) is 3.77. The highest BCUT2D eigenvalue weighted by atomic mass is 19.4. The molecule has 9 heteroatoms. The molecule has 0 spiro atoms. The first-order chi connectivity index (χ1) is 9.12. The fraction of sp³-hybridized carbons (Fsp3) is 0.273. The Morgan fingerprint density at radius 1 is 1.25 bits per heavy atom. The van der Waals surface area contributed by atoms with Crippen LogP contribution in [0.2, 0.25) is 0 Å². The van der Waals surface area contributed by atoms with Gasteiger partial charge < -0.3 is 5.01 Å². The Balaban J connectivity index is 3.26. The number of nitro benzene ring substituents is 1. The van der Waals surface area contributed by atoms with Crippen molar-refractivity contribution in [2.24, 2.45) is 5.10 Å². The van der Waals surface area contributed by atoms with E-state index in [2.05, 4.69) is 5.10 Å². The van der Waals surface area contributed by atoms with Gasteiger partial charge in [0.15, 0.2) is 0 Å². The second kappa shape index (κ2) is 5.68. The molecule has 108 valence electrons. The molecule has 0 N–H and O–H groups in total. The van der Waals surface area contributed by atoms with Gasteiger partial charge in [0.1, 0.15) is 5.71 Å². The molecule has 0 unspecified atom stereocenters. The van der Waals surface area contributed by atoms with E-state index in [9.17, 15) is 28.1 Å². The summed E-state index contributed by atoms with van der Waals surface area (Å²) in [5, 5.41) is 15.0. The Bertz CT molecular complexity index is 550. The highest BCUT2D eigenvalue weighted by Gasteiger charge is 2.42. The quantitative estimate of drug-likeness (QED) is 0.482. The number of hydrogen-bond acceptors (Lipinski definition) is 5. The lowest BCUT2D eigenvalue weighted by molar-refractivity contribution is -0.384. The van der Waals surface area contributed by atoms with Crippen LogP contribution in [0.15, 0.2) is 29.4 Å². The first-order valence-electron chi connectivity index (χ1n) is 5.25. The number of carbonyl (C=O) groups excluding carboxylic acids is 1. The average molecular weight is 289 g/mol. The molecule has 0 aliphatic rings. The lowest BCUT2D eigenvalue weighted by atomic mass is 10.1. The predicted octanol–water partition coefficient (Wildman–Crippen LogP) is 1.99. The summed E-state index contributed by atoms with van der Waals surface area (Å²) >= 11 is 0. The minimum Gasteiger partial charge on any atom is -0.302 e. The smallest absolute Gasteiger partial charge is 0.302 e. The van der Waals surface area contributed by atoms with Crippen LogP contribution in [-0.4, -0.2) is 41.7 Å². The second-order valence-electron chi connectivity index (χ2n) is 3.93. The number of benzene rings is 1. The van der Waals surface area contributed by atoms with E-state index in [1.165, 1.54) is 14.1 Å². The van der Waals surface area contributed by atoms with E-state index in [0.29, 0.717) is 0 Å². The lowest BCUT2D eigenvalue weighted by Gasteiger charge is -2.12. The molecule has 1 aromatic rings. The third-order valence-corrected chi connectivity index (χ3v) is 2.12. The summed E-state index contributed by atoms with van der Waals surface area (Å²) in [6.45, 7) is 0. The summed E-state index contributed by atoms with van der Waals surface area (Å²) in [4.78, 5) is 21.1. The summed E-state index contributed by atoms with van der Waals surface area (Å²) in [7, 11) is 2.71. The van der Waals surface area contributed by atoms with Gasteiger partial charge in [-0.3, -0.25) is 14.9 Å². The molecule has 0 aliphatic carbocycles. The van der Waals surface area contributed by atoms with Crippen LogP contribution in [0.3, 0.4) is 0 Å². The van der Waals surface area contributed by atoms with Gasteiger partial charge in [0, 0.05) is 31.8 Å². The van der Waals surface area contributed by atoms with E-state index in [1.54, 1.807) is 0 Å². The molecule has 0 heterocycles. The Morgan fingerprint density at radius 2 is 1.75 bits per heavy atom. The minimum atomic E-state index is -5.07. The highest BCUT2D eigenvalue weighted by molar-refractivity contribution is 6.47. The number of rotatable bonds is 4. The van der Waals surface area contributed by atoms with Crippen molar-refractivity contribution in [2.75, 3.05) is 14.1 Å². The van der Waals surface area contributed by atoms with Gasteiger partial charge >= 0.3 is 6.18 Å². The van der Waals surface area contributed by atoms with Crippen molar-refractivity contribution in [3.8, 4) is 0 Å². The molecular formula is C11H10F3N3O3. The standard InChI is InChI=1S/C11H10F3N3O3/c1-16(2)15-9(10(18)11(12,13)14)7-3-5-8(6-4-7)17(19)20/h3-6H,1-2H3/b15-9+. The number of hydrogen-bond donors (Lipinski definition) is 0. The molecule has 0 bridgehead atoms. The highest BCUT2D eigenvalue weighted by Crippen LogP contribution is 2.21. The normalized spacial score (nSPS) is 12.2. The van der Waals surface area contributed by atoms with Crippen LogP contribution in [-0.2, 0) is 4.79 Å². The molecular weight excluding hydrogens is 279 g/mol. The largest absolute Gasteiger partial charge is 0.456 e. The number of hydrazone groups is 1. The molecule has 6 nitrogen and oxygen atoms in total. The first kappa shape index (κ1) is 15.6. The number of alkyl halides is 3. The van der Waals surface area contributed by atoms with Crippen molar-refractivity contribution in [2.45, 2.75) is 6.18 Å². The molecule has 0 amide bonds. The Labute approximate surface area is 111 Å². The molecule has 0 aliphatic heterocycles. The SMILES string of the molecule is CN(C)/N=C(/C(=O)C(F)(F)F)c1ccc([N+](=O)[O-])cc1. The summed E-state index contributed by atoms with van der Waals surface area (Å²) in [6.07, 6.45) is -5.07. The Morgan fingerprint density at radius 3 is 2.10 bits per heavy atom. The van der Waals surface area contributed by atoms with Gasteiger partial charge in [-0.25, -0.2) is 0 Å². The van der Waals surface area contributed by atoms with Gasteiger partial charge in [-0.2, -0.15) is 18.3 Å². The summed E-state index contributed by atoms with van der Waals surface area (Å²) < 4.78 is 37.5. The van der Waals surface area contributed by atoms with E-state index in [-0.39, 0.29) is 11.3 Å². The average Bonchev–Trinajstić information content (AvgIpc) is 2.34. The molecule has 0 atom stereocenters. The van der Waals surface area contributed by atoms with Crippen molar-refractivity contribution in [3.05, 3.63) is 39.9 Å². The van der Waals surface area contributed by atoms with Gasteiger partial charge in [-0.15, -0.1) is 0 Å². The van der Waals surface area contributed by atoms with Gasteiger partial charge in [0.2, 0.25) is 0 Å². The van der Waals surface area contributed by atoms with E-state index in [1.807, 2.05) is 0 Å². The van der Waals surface area contributed by atoms with Crippen molar-refractivity contribution < 1.29 is 22.9 Å². The molecule has 1 rings (SSSR count). The van der Waals surface area contributed by atoms with Crippen molar-refractivity contribution in [1.82, 2.24) is 5.01 Å². The molecule has 20 heavy (non-hydrogen) atoms. The number of carbonyl (C=O) groups is 1. The monoisotopic (exact) mass is 289 g/mol. The second-order valence-corrected chi connectivity index (χ2v) is 3.93. The van der Waals surface area contributed by atoms with E-state index >= 15 is 0 Å². The van der Waals surface area contributed by atoms with Crippen LogP contribution in [0.1, 0.15) is 5.56 Å². The number of ketones is 1. The van der Waals surface area contributed by atoms with E-state index in [0.717, 1.165) is 29.3 Å². The van der Waals surface area contributed by atoms with Crippen LogP contribution in [0, 0.1) is 10.1 Å². The summed E-state index contributed by atoms with van der Waals surface area (Å²) in [5.74, 6) is -2.11. The maximum Gasteiger partial charge on any atom is 0.456 e. The molecule has 0 saturated carbocycles. The van der Waals surface area contributed by atoms with Crippen LogP contribution in [0.4, 0.5) is 18.9 Å². The van der Waals surface area contributed by atoms with Crippen molar-refractivity contribution in [3.63, 3.8) is 0 Å². The third-order valence-electron chi connectivity index (χ3n) is 2.12. The zero-order chi connectivity index (χ0) is 15.5. The Hall–Kier alpha value is -2.45. The van der Waals surface area contributed by atoms with E-state index < -0.39 is 22.6 Å². The molecule has 0 radical (unpaired) electrons. The predicted molar refractivity (Wildman–Crippen MR) is 64.4 cm³/mol. The number of non-ortho nitro benzene ring substituents is 1. The van der Waals surface area contributed by atoms with Crippen LogP contribution < -0.4 is 0 Å². The number of nitrogens with zero attached hydrogens (tertiary/aromatic N) is 3. The van der Waals surface area contributed by atoms with E-state index in [4.69, 9.17) is 0 Å². The summed E-state index contributed by atoms with van der Waals surface area (Å²) in [5.41, 5.74) is -1.26. The zero-order valence-electron chi connectivity index (χ0n) is 10.5. The molecule has 0 saturated heterocycles.